The second-order valence-electron chi connectivity index (χ2n) is 5.81. The molecule has 0 amide bonds. The first-order valence-electron chi connectivity index (χ1n) is 7.26. The highest BCUT2D eigenvalue weighted by atomic mass is 19.1. The minimum atomic E-state index is -0.191. The van der Waals surface area contributed by atoms with Crippen LogP contribution in [0.25, 0.3) is 0 Å². The van der Waals surface area contributed by atoms with E-state index in [4.69, 9.17) is 5.73 Å². The molecule has 0 bridgehead atoms. The predicted octanol–water partition coefficient (Wildman–Crippen LogP) is 3.66. The van der Waals surface area contributed by atoms with E-state index in [0.29, 0.717) is 18.7 Å². The van der Waals surface area contributed by atoms with Gasteiger partial charge < -0.3 is 10.6 Å². The standard InChI is InChI=1S/C18H23FN2/c1-13-5-4-6-16(9-13)12-21(3)18-8-7-15(10-14(2)20)11-17(18)19/h4-9,11,14H,10,12,20H2,1-3H3. The number of hydrogen-bond donors (Lipinski definition) is 1. The number of nitrogens with two attached hydrogens (primary N) is 1. The number of nitrogens with zero attached hydrogens (tertiary/aromatic N) is 1. The summed E-state index contributed by atoms with van der Waals surface area (Å²) in [5.41, 5.74) is 9.71. The maximum absolute atomic E-state index is 14.3. The normalized spacial score (nSPS) is 12.2. The van der Waals surface area contributed by atoms with E-state index >= 15 is 0 Å². The van der Waals surface area contributed by atoms with Gasteiger partial charge in [0, 0.05) is 19.6 Å². The number of aryl methyl sites for hydroxylation is 1. The third-order valence-electron chi connectivity index (χ3n) is 3.48. The fourth-order valence-corrected chi connectivity index (χ4v) is 2.53. The van der Waals surface area contributed by atoms with Crippen molar-refractivity contribution in [1.82, 2.24) is 0 Å². The molecular weight excluding hydrogens is 263 g/mol. The Bertz CT molecular complexity index is 608. The van der Waals surface area contributed by atoms with E-state index < -0.39 is 0 Å². The summed E-state index contributed by atoms with van der Waals surface area (Å²) in [5, 5.41) is 0. The van der Waals surface area contributed by atoms with Crippen LogP contribution in [-0.4, -0.2) is 13.1 Å². The quantitative estimate of drug-likeness (QED) is 0.909. The molecular formula is C18H23FN2. The monoisotopic (exact) mass is 286 g/mol. The predicted molar refractivity (Wildman–Crippen MR) is 87.0 cm³/mol. The molecule has 0 fully saturated rings. The zero-order valence-electron chi connectivity index (χ0n) is 12.9. The highest BCUT2D eigenvalue weighted by Crippen LogP contribution is 2.22. The molecule has 0 aliphatic carbocycles. The van der Waals surface area contributed by atoms with Crippen molar-refractivity contribution in [2.45, 2.75) is 32.9 Å². The van der Waals surface area contributed by atoms with Gasteiger partial charge in [-0.1, -0.05) is 35.9 Å². The Kier molecular flexibility index (Phi) is 4.97. The third kappa shape index (κ3) is 4.30. The van der Waals surface area contributed by atoms with E-state index in [9.17, 15) is 4.39 Å². The molecule has 21 heavy (non-hydrogen) atoms. The van der Waals surface area contributed by atoms with Crippen LogP contribution in [0.5, 0.6) is 0 Å². The first-order chi connectivity index (χ1) is 9.95. The Morgan fingerprint density at radius 1 is 1.14 bits per heavy atom. The molecule has 1 atom stereocenters. The number of rotatable bonds is 5. The summed E-state index contributed by atoms with van der Waals surface area (Å²) >= 11 is 0. The molecule has 0 heterocycles. The largest absolute Gasteiger partial charge is 0.368 e. The Morgan fingerprint density at radius 3 is 2.52 bits per heavy atom. The van der Waals surface area contributed by atoms with E-state index in [0.717, 1.165) is 5.56 Å². The molecule has 1 unspecified atom stereocenters. The number of hydrogen-bond acceptors (Lipinski definition) is 2. The molecule has 2 N–H and O–H groups in total. The van der Waals surface area contributed by atoms with E-state index in [1.807, 2.05) is 37.1 Å². The highest BCUT2D eigenvalue weighted by Gasteiger charge is 2.10. The van der Waals surface area contributed by atoms with Crippen LogP contribution < -0.4 is 10.6 Å². The van der Waals surface area contributed by atoms with E-state index in [-0.39, 0.29) is 11.9 Å². The second kappa shape index (κ2) is 6.72. The summed E-state index contributed by atoms with van der Waals surface area (Å²) in [6.07, 6.45) is 0.693. The Morgan fingerprint density at radius 2 is 1.90 bits per heavy atom. The number of benzene rings is 2. The van der Waals surface area contributed by atoms with Gasteiger partial charge in [-0.25, -0.2) is 4.39 Å². The topological polar surface area (TPSA) is 29.3 Å². The van der Waals surface area contributed by atoms with Crippen LogP contribution >= 0.6 is 0 Å². The SMILES string of the molecule is Cc1cccc(CN(C)c2ccc(CC(C)N)cc2F)c1. The van der Waals surface area contributed by atoms with Crippen LogP contribution in [0.1, 0.15) is 23.6 Å². The van der Waals surface area contributed by atoms with Crippen molar-refractivity contribution in [3.05, 3.63) is 65.0 Å². The molecule has 0 spiro atoms. The number of halogens is 1. The summed E-state index contributed by atoms with van der Waals surface area (Å²) in [4.78, 5) is 1.93. The molecule has 0 saturated heterocycles. The summed E-state index contributed by atoms with van der Waals surface area (Å²) in [7, 11) is 1.91. The van der Waals surface area contributed by atoms with E-state index in [2.05, 4.69) is 25.1 Å². The molecule has 112 valence electrons. The lowest BCUT2D eigenvalue weighted by atomic mass is 10.1. The van der Waals surface area contributed by atoms with Crippen molar-refractivity contribution in [3.63, 3.8) is 0 Å². The number of anilines is 1. The maximum Gasteiger partial charge on any atom is 0.146 e. The zero-order valence-corrected chi connectivity index (χ0v) is 12.9. The van der Waals surface area contributed by atoms with Crippen molar-refractivity contribution < 1.29 is 4.39 Å². The molecule has 0 radical (unpaired) electrons. The third-order valence-corrected chi connectivity index (χ3v) is 3.48. The molecule has 2 aromatic carbocycles. The van der Waals surface area contributed by atoms with Gasteiger partial charge >= 0.3 is 0 Å². The van der Waals surface area contributed by atoms with Crippen molar-refractivity contribution in [3.8, 4) is 0 Å². The Hall–Kier alpha value is -1.87. The fourth-order valence-electron chi connectivity index (χ4n) is 2.53. The van der Waals surface area contributed by atoms with Gasteiger partial charge in [0.2, 0.25) is 0 Å². The van der Waals surface area contributed by atoms with Crippen LogP contribution in [0.4, 0.5) is 10.1 Å². The molecule has 0 aliphatic rings. The van der Waals surface area contributed by atoms with Gasteiger partial charge in [0.15, 0.2) is 0 Å². The molecule has 2 rings (SSSR count). The van der Waals surface area contributed by atoms with Crippen molar-refractivity contribution >= 4 is 5.69 Å². The van der Waals surface area contributed by atoms with E-state index in [1.165, 1.54) is 11.1 Å². The fraction of sp³-hybridized carbons (Fsp3) is 0.333. The summed E-state index contributed by atoms with van der Waals surface area (Å²) in [6.45, 7) is 4.67. The molecule has 3 heteroatoms. The first kappa shape index (κ1) is 15.5. The smallest absolute Gasteiger partial charge is 0.146 e. The molecule has 2 nitrogen and oxygen atoms in total. The summed E-state index contributed by atoms with van der Waals surface area (Å²) < 4.78 is 14.3. The Labute approximate surface area is 126 Å². The first-order valence-corrected chi connectivity index (χ1v) is 7.26. The van der Waals surface area contributed by atoms with Crippen molar-refractivity contribution in [1.29, 1.82) is 0 Å². The second-order valence-corrected chi connectivity index (χ2v) is 5.81. The maximum atomic E-state index is 14.3. The van der Waals surface area contributed by atoms with Gasteiger partial charge in [-0.15, -0.1) is 0 Å². The van der Waals surface area contributed by atoms with Gasteiger partial charge in [0.1, 0.15) is 5.82 Å². The van der Waals surface area contributed by atoms with Crippen LogP contribution in [0.15, 0.2) is 42.5 Å². The van der Waals surface area contributed by atoms with Gasteiger partial charge in [0.25, 0.3) is 0 Å². The summed E-state index contributed by atoms with van der Waals surface area (Å²) in [6, 6.07) is 13.7. The molecule has 2 aromatic rings. The average Bonchev–Trinajstić information content (AvgIpc) is 2.37. The molecule has 0 aliphatic heterocycles. The molecule has 0 saturated carbocycles. The van der Waals surface area contributed by atoms with Gasteiger partial charge in [0.05, 0.1) is 5.69 Å². The van der Waals surface area contributed by atoms with Crippen LogP contribution in [0.2, 0.25) is 0 Å². The van der Waals surface area contributed by atoms with Gasteiger partial charge in [-0.2, -0.15) is 0 Å². The van der Waals surface area contributed by atoms with Crippen LogP contribution in [0, 0.1) is 12.7 Å². The Balaban J connectivity index is 2.13. The highest BCUT2D eigenvalue weighted by molar-refractivity contribution is 5.49. The van der Waals surface area contributed by atoms with Crippen molar-refractivity contribution in [2.24, 2.45) is 5.73 Å². The minimum absolute atomic E-state index is 0.0419. The zero-order chi connectivity index (χ0) is 15.4. The molecule has 0 aromatic heterocycles. The van der Waals surface area contributed by atoms with Crippen LogP contribution in [-0.2, 0) is 13.0 Å². The van der Waals surface area contributed by atoms with Crippen molar-refractivity contribution in [2.75, 3.05) is 11.9 Å². The lowest BCUT2D eigenvalue weighted by Gasteiger charge is -2.21. The van der Waals surface area contributed by atoms with Crippen LogP contribution in [0.3, 0.4) is 0 Å². The van der Waals surface area contributed by atoms with Gasteiger partial charge in [-0.05, 0) is 43.5 Å². The van der Waals surface area contributed by atoms with Gasteiger partial charge in [-0.3, -0.25) is 0 Å². The average molecular weight is 286 g/mol. The lowest BCUT2D eigenvalue weighted by Crippen LogP contribution is -2.19. The summed E-state index contributed by atoms with van der Waals surface area (Å²) in [5.74, 6) is -0.191. The lowest BCUT2D eigenvalue weighted by molar-refractivity contribution is 0.617. The minimum Gasteiger partial charge on any atom is -0.368 e. The van der Waals surface area contributed by atoms with E-state index in [1.54, 1.807) is 6.07 Å².